The van der Waals surface area contributed by atoms with Crippen LogP contribution in [0.2, 0.25) is 0 Å². The summed E-state index contributed by atoms with van der Waals surface area (Å²) in [6.45, 7) is 5.97. The van der Waals surface area contributed by atoms with Crippen molar-refractivity contribution in [2.24, 2.45) is 0 Å². The van der Waals surface area contributed by atoms with E-state index in [1.54, 1.807) is 0 Å². The van der Waals surface area contributed by atoms with Crippen LogP contribution < -0.4 is 10.6 Å². The van der Waals surface area contributed by atoms with Crippen LogP contribution in [0.1, 0.15) is 47.6 Å². The highest BCUT2D eigenvalue weighted by Gasteiger charge is 2.35. The maximum atomic E-state index is 12.8. The zero-order valence-corrected chi connectivity index (χ0v) is 20.3. The second-order valence-electron chi connectivity index (χ2n) is 8.76. The number of nitrogens with zero attached hydrogens (tertiary/aromatic N) is 3. The molecule has 0 atom stereocenters. The van der Waals surface area contributed by atoms with E-state index >= 15 is 0 Å². The van der Waals surface area contributed by atoms with Gasteiger partial charge in [0, 0.05) is 36.6 Å². The molecule has 1 aromatic heterocycles. The highest BCUT2D eigenvalue weighted by atomic mass is 127. The summed E-state index contributed by atoms with van der Waals surface area (Å²) < 4.78 is 41.8. The lowest BCUT2D eigenvalue weighted by molar-refractivity contribution is -0.137. The van der Waals surface area contributed by atoms with E-state index in [4.69, 9.17) is 0 Å². The van der Waals surface area contributed by atoms with Crippen molar-refractivity contribution in [1.82, 2.24) is 25.3 Å². The highest BCUT2D eigenvalue weighted by molar-refractivity contribution is 14.1. The maximum absolute atomic E-state index is 12.8. The van der Waals surface area contributed by atoms with E-state index in [1.807, 2.05) is 6.20 Å². The second-order valence-corrected chi connectivity index (χ2v) is 10.0. The fourth-order valence-electron chi connectivity index (χ4n) is 4.57. The molecule has 1 aliphatic heterocycles. The van der Waals surface area contributed by atoms with E-state index in [-0.39, 0.29) is 18.2 Å². The number of benzene rings is 1. The van der Waals surface area contributed by atoms with Gasteiger partial charge in [-0.15, -0.1) is 0 Å². The molecule has 2 N–H and O–H groups in total. The second kappa shape index (κ2) is 10.0. The van der Waals surface area contributed by atoms with Crippen molar-refractivity contribution >= 4 is 28.5 Å². The lowest BCUT2D eigenvalue weighted by atomic mass is 9.88. The molecule has 0 bridgehead atoms. The van der Waals surface area contributed by atoms with Gasteiger partial charge in [-0.2, -0.15) is 18.3 Å². The molecular weight excluding hydrogens is 546 g/mol. The molecule has 178 valence electrons. The van der Waals surface area contributed by atoms with Crippen LogP contribution in [-0.2, 0) is 6.18 Å². The van der Waals surface area contributed by atoms with Crippen LogP contribution in [0.5, 0.6) is 0 Å². The molecule has 2 aromatic rings. The number of likely N-dealkylation sites (tertiary alicyclic amines) is 1. The first kappa shape index (κ1) is 24.1. The SMILES string of the molecule is C=C(CNC(=O)c1cccc(C(F)(F)F)c1)NC1CN([C@H]2CC[C@@H](n3cc(I)cn3)CC2)C1. The van der Waals surface area contributed by atoms with E-state index in [0.29, 0.717) is 17.8 Å². The average Bonchev–Trinajstić information content (AvgIpc) is 3.20. The summed E-state index contributed by atoms with van der Waals surface area (Å²) in [6, 6.07) is 5.75. The predicted octanol–water partition coefficient (Wildman–Crippen LogP) is 4.21. The molecule has 6 nitrogen and oxygen atoms in total. The van der Waals surface area contributed by atoms with E-state index < -0.39 is 17.6 Å². The van der Waals surface area contributed by atoms with Gasteiger partial charge in [-0.3, -0.25) is 14.4 Å². The summed E-state index contributed by atoms with van der Waals surface area (Å²) in [5.41, 5.74) is -0.208. The molecule has 1 aliphatic carbocycles. The van der Waals surface area contributed by atoms with Gasteiger partial charge in [-0.25, -0.2) is 0 Å². The van der Waals surface area contributed by atoms with Crippen LogP contribution in [0.15, 0.2) is 48.9 Å². The van der Waals surface area contributed by atoms with E-state index in [2.05, 4.69) is 60.7 Å². The quantitative estimate of drug-likeness (QED) is 0.488. The van der Waals surface area contributed by atoms with E-state index in [1.165, 1.54) is 12.1 Å². The van der Waals surface area contributed by atoms with Gasteiger partial charge in [0.05, 0.1) is 34.0 Å². The standard InChI is InChI=1S/C23H27F3IN5O/c1-15(10-28-22(33)16-3-2-4-17(9-16)23(24,25)26)30-19-13-31(14-19)20-5-7-21(8-6-20)32-12-18(27)11-29-32/h2-4,9,11-12,19-21,30H,1,5-8,10,13-14H2,(H,28,33)/t20-,21+. The Morgan fingerprint density at radius 3 is 2.52 bits per heavy atom. The summed E-state index contributed by atoms with van der Waals surface area (Å²) in [5.74, 6) is -0.553. The number of carbonyl (C=O) groups excluding carboxylic acids is 1. The maximum Gasteiger partial charge on any atom is 0.416 e. The number of alkyl halides is 3. The fourth-order valence-corrected chi connectivity index (χ4v) is 4.98. The smallest absolute Gasteiger partial charge is 0.382 e. The normalized spacial score (nSPS) is 21.9. The zero-order valence-electron chi connectivity index (χ0n) is 18.1. The van der Waals surface area contributed by atoms with Crippen LogP contribution in [0, 0.1) is 3.57 Å². The Morgan fingerprint density at radius 2 is 1.88 bits per heavy atom. The van der Waals surface area contributed by atoms with Crippen LogP contribution in [0.3, 0.4) is 0 Å². The molecule has 2 fully saturated rings. The molecule has 2 aliphatic rings. The molecule has 0 radical (unpaired) electrons. The number of hydrogen-bond acceptors (Lipinski definition) is 4. The molecule has 33 heavy (non-hydrogen) atoms. The van der Waals surface area contributed by atoms with Gasteiger partial charge in [0.25, 0.3) is 5.91 Å². The van der Waals surface area contributed by atoms with Crippen molar-refractivity contribution in [3.63, 3.8) is 0 Å². The third kappa shape index (κ3) is 6.08. The van der Waals surface area contributed by atoms with Crippen LogP contribution in [0.4, 0.5) is 13.2 Å². The van der Waals surface area contributed by atoms with Gasteiger partial charge < -0.3 is 10.6 Å². The summed E-state index contributed by atoms with van der Waals surface area (Å²) >= 11 is 2.28. The van der Waals surface area contributed by atoms with Crippen molar-refractivity contribution in [3.8, 4) is 0 Å². The Labute approximate surface area is 204 Å². The van der Waals surface area contributed by atoms with Crippen molar-refractivity contribution < 1.29 is 18.0 Å². The molecule has 0 unspecified atom stereocenters. The summed E-state index contributed by atoms with van der Waals surface area (Å²) in [5, 5.41) is 10.4. The molecule has 0 spiro atoms. The average molecular weight is 573 g/mol. The van der Waals surface area contributed by atoms with Gasteiger partial charge in [-0.05, 0) is 66.5 Å². The number of rotatable bonds is 7. The lowest BCUT2D eigenvalue weighted by Gasteiger charge is -2.47. The fraction of sp³-hybridized carbons (Fsp3) is 0.478. The predicted molar refractivity (Wildman–Crippen MR) is 128 cm³/mol. The minimum absolute atomic E-state index is 0.0205. The summed E-state index contributed by atoms with van der Waals surface area (Å²) in [7, 11) is 0. The number of halogens is 4. The van der Waals surface area contributed by atoms with Crippen LogP contribution in [-0.4, -0.2) is 52.3 Å². The van der Waals surface area contributed by atoms with Crippen molar-refractivity contribution in [3.05, 3.63) is 63.6 Å². The zero-order chi connectivity index (χ0) is 23.6. The molecule has 1 saturated heterocycles. The first-order valence-corrected chi connectivity index (χ1v) is 12.1. The Bertz CT molecular complexity index is 994. The third-order valence-electron chi connectivity index (χ3n) is 6.36. The molecule has 1 amide bonds. The number of aromatic nitrogens is 2. The number of hydrogen-bond donors (Lipinski definition) is 2. The summed E-state index contributed by atoms with van der Waals surface area (Å²) in [4.78, 5) is 14.7. The van der Waals surface area contributed by atoms with Crippen molar-refractivity contribution in [2.45, 2.75) is 50.0 Å². The molecule has 2 heterocycles. The van der Waals surface area contributed by atoms with Gasteiger partial charge in [-0.1, -0.05) is 12.6 Å². The van der Waals surface area contributed by atoms with Crippen LogP contribution >= 0.6 is 22.6 Å². The molecule has 4 rings (SSSR count). The molecule has 10 heteroatoms. The van der Waals surface area contributed by atoms with Crippen molar-refractivity contribution in [1.29, 1.82) is 0 Å². The first-order chi connectivity index (χ1) is 15.7. The minimum atomic E-state index is -4.48. The Morgan fingerprint density at radius 1 is 1.18 bits per heavy atom. The topological polar surface area (TPSA) is 62.2 Å². The van der Waals surface area contributed by atoms with Gasteiger partial charge in [0.1, 0.15) is 0 Å². The van der Waals surface area contributed by atoms with E-state index in [0.717, 1.165) is 54.5 Å². The van der Waals surface area contributed by atoms with Gasteiger partial charge in [0.2, 0.25) is 0 Å². The Hall–Kier alpha value is -2.08. The lowest BCUT2D eigenvalue weighted by Crippen LogP contribution is -2.61. The number of nitrogens with one attached hydrogen (secondary N) is 2. The third-order valence-corrected chi connectivity index (χ3v) is 6.92. The van der Waals surface area contributed by atoms with E-state index in [9.17, 15) is 18.0 Å². The van der Waals surface area contributed by atoms with Gasteiger partial charge in [0.15, 0.2) is 0 Å². The molecule has 1 saturated carbocycles. The monoisotopic (exact) mass is 573 g/mol. The Kier molecular flexibility index (Phi) is 7.32. The number of amides is 1. The minimum Gasteiger partial charge on any atom is -0.382 e. The highest BCUT2D eigenvalue weighted by Crippen LogP contribution is 2.33. The number of carbonyl (C=O) groups is 1. The summed E-state index contributed by atoms with van der Waals surface area (Å²) in [6.07, 6.45) is 4.09. The largest absolute Gasteiger partial charge is 0.416 e. The molecular formula is C23H27F3IN5O. The molecule has 1 aromatic carbocycles. The van der Waals surface area contributed by atoms with Gasteiger partial charge >= 0.3 is 6.18 Å². The van der Waals surface area contributed by atoms with Crippen LogP contribution in [0.25, 0.3) is 0 Å². The Balaban J connectivity index is 1.15. The van der Waals surface area contributed by atoms with Crippen molar-refractivity contribution in [2.75, 3.05) is 19.6 Å². The first-order valence-electron chi connectivity index (χ1n) is 11.0.